The number of anilines is 1. The van der Waals surface area contributed by atoms with Crippen LogP contribution in [0.4, 0.5) is 5.69 Å². The van der Waals surface area contributed by atoms with Gasteiger partial charge in [-0.05, 0) is 31.2 Å². The second kappa shape index (κ2) is 8.47. The van der Waals surface area contributed by atoms with Gasteiger partial charge in [0.25, 0.3) is 5.91 Å². The third-order valence-electron chi connectivity index (χ3n) is 3.23. The molecule has 0 unspecified atom stereocenters. The number of hydrogen-bond acceptors (Lipinski definition) is 3. The Hall–Kier alpha value is -3.15. The summed E-state index contributed by atoms with van der Waals surface area (Å²) in [7, 11) is 0. The summed E-state index contributed by atoms with van der Waals surface area (Å²) in [6, 6.07) is 16.0. The lowest BCUT2D eigenvalue weighted by atomic mass is 10.1. The van der Waals surface area contributed by atoms with Gasteiger partial charge < -0.3 is 5.32 Å². The predicted molar refractivity (Wildman–Crippen MR) is 91.1 cm³/mol. The zero-order valence-electron chi connectivity index (χ0n) is 13.3. The molecule has 0 saturated heterocycles. The minimum absolute atomic E-state index is 0.0211. The van der Waals surface area contributed by atoms with E-state index >= 15 is 0 Å². The van der Waals surface area contributed by atoms with Crippen LogP contribution in [0, 0.1) is 6.92 Å². The zero-order valence-corrected chi connectivity index (χ0v) is 13.3. The number of rotatable bonds is 5. The van der Waals surface area contributed by atoms with E-state index in [4.69, 9.17) is 0 Å². The number of hydrogen-bond donors (Lipinski definition) is 3. The number of carbonyl (C=O) groups excluding carboxylic acids is 3. The average Bonchev–Trinajstić information content (AvgIpc) is 2.58. The average molecular weight is 325 g/mol. The lowest BCUT2D eigenvalue weighted by Crippen LogP contribution is -2.41. The van der Waals surface area contributed by atoms with Crippen LogP contribution < -0.4 is 16.2 Å². The minimum Gasteiger partial charge on any atom is -0.326 e. The first-order valence-electron chi connectivity index (χ1n) is 7.55. The van der Waals surface area contributed by atoms with E-state index in [9.17, 15) is 14.4 Å². The van der Waals surface area contributed by atoms with Gasteiger partial charge >= 0.3 is 0 Å². The molecule has 2 aromatic rings. The van der Waals surface area contributed by atoms with Crippen molar-refractivity contribution >= 4 is 23.4 Å². The van der Waals surface area contributed by atoms with E-state index in [0.29, 0.717) is 11.3 Å². The van der Waals surface area contributed by atoms with Crippen LogP contribution in [0.3, 0.4) is 0 Å². The maximum atomic E-state index is 11.9. The molecule has 6 heteroatoms. The number of nitrogens with one attached hydrogen (secondary N) is 3. The topological polar surface area (TPSA) is 87.3 Å². The molecule has 2 aromatic carbocycles. The standard InChI is InChI=1S/C18H19N3O3/c1-13-6-5-7-14(12-13)18(24)21-20-17(23)11-10-16(22)19-15-8-3-2-4-9-15/h2-9,12H,10-11H2,1H3,(H,19,22)(H,20,23)(H,21,24). The minimum atomic E-state index is -0.431. The lowest BCUT2D eigenvalue weighted by molar-refractivity contribution is -0.124. The first kappa shape index (κ1) is 17.2. The Kier molecular flexibility index (Phi) is 6.08. The van der Waals surface area contributed by atoms with E-state index in [-0.39, 0.29) is 18.7 Å². The molecule has 0 aliphatic carbocycles. The number of para-hydroxylation sites is 1. The second-order valence-electron chi connectivity index (χ2n) is 5.29. The quantitative estimate of drug-likeness (QED) is 0.736. The van der Waals surface area contributed by atoms with Gasteiger partial charge in [0.2, 0.25) is 11.8 Å². The van der Waals surface area contributed by atoms with E-state index in [0.717, 1.165) is 5.56 Å². The second-order valence-corrected chi connectivity index (χ2v) is 5.29. The van der Waals surface area contributed by atoms with Crippen molar-refractivity contribution in [3.63, 3.8) is 0 Å². The van der Waals surface area contributed by atoms with Crippen molar-refractivity contribution in [2.45, 2.75) is 19.8 Å². The molecule has 3 N–H and O–H groups in total. The fourth-order valence-corrected chi connectivity index (χ4v) is 2.02. The SMILES string of the molecule is Cc1cccc(C(=O)NNC(=O)CCC(=O)Nc2ccccc2)c1. The molecule has 3 amide bonds. The van der Waals surface area contributed by atoms with Gasteiger partial charge in [-0.15, -0.1) is 0 Å². The highest BCUT2D eigenvalue weighted by Crippen LogP contribution is 2.06. The van der Waals surface area contributed by atoms with Gasteiger partial charge in [0, 0.05) is 24.1 Å². The summed E-state index contributed by atoms with van der Waals surface area (Å²) < 4.78 is 0. The molecule has 0 aromatic heterocycles. The highest BCUT2D eigenvalue weighted by Gasteiger charge is 2.09. The maximum Gasteiger partial charge on any atom is 0.269 e. The van der Waals surface area contributed by atoms with E-state index in [1.165, 1.54) is 0 Å². The van der Waals surface area contributed by atoms with Crippen LogP contribution in [-0.4, -0.2) is 17.7 Å². The van der Waals surface area contributed by atoms with Crippen molar-refractivity contribution in [1.82, 2.24) is 10.9 Å². The van der Waals surface area contributed by atoms with Crippen molar-refractivity contribution in [3.05, 3.63) is 65.7 Å². The third-order valence-corrected chi connectivity index (χ3v) is 3.23. The largest absolute Gasteiger partial charge is 0.326 e. The van der Waals surface area contributed by atoms with E-state index in [1.54, 1.807) is 30.3 Å². The van der Waals surface area contributed by atoms with Crippen LogP contribution >= 0.6 is 0 Å². The molecular formula is C18H19N3O3. The summed E-state index contributed by atoms with van der Waals surface area (Å²) >= 11 is 0. The van der Waals surface area contributed by atoms with Gasteiger partial charge in [0.15, 0.2) is 0 Å². The van der Waals surface area contributed by atoms with Crippen molar-refractivity contribution < 1.29 is 14.4 Å². The van der Waals surface area contributed by atoms with Crippen LogP contribution in [0.25, 0.3) is 0 Å². The molecule has 0 aliphatic heterocycles. The molecule has 0 heterocycles. The van der Waals surface area contributed by atoms with E-state index in [2.05, 4.69) is 16.2 Å². The monoisotopic (exact) mass is 325 g/mol. The molecule has 0 saturated carbocycles. The molecule has 0 fully saturated rings. The first-order chi connectivity index (χ1) is 11.5. The van der Waals surface area contributed by atoms with Crippen LogP contribution in [0.15, 0.2) is 54.6 Å². The summed E-state index contributed by atoms with van der Waals surface area (Å²) in [4.78, 5) is 35.3. The number of aryl methyl sites for hydroxylation is 1. The number of hydrazine groups is 1. The van der Waals surface area contributed by atoms with Crippen molar-refractivity contribution in [2.24, 2.45) is 0 Å². The van der Waals surface area contributed by atoms with Gasteiger partial charge in [0.05, 0.1) is 0 Å². The smallest absolute Gasteiger partial charge is 0.269 e. The molecule has 0 bridgehead atoms. The Morgan fingerprint density at radius 3 is 2.25 bits per heavy atom. The Labute approximate surface area is 140 Å². The molecular weight excluding hydrogens is 306 g/mol. The molecule has 2 rings (SSSR count). The highest BCUT2D eigenvalue weighted by molar-refractivity contribution is 5.96. The van der Waals surface area contributed by atoms with Gasteiger partial charge in [-0.2, -0.15) is 0 Å². The van der Waals surface area contributed by atoms with Gasteiger partial charge in [-0.3, -0.25) is 25.2 Å². The third kappa shape index (κ3) is 5.57. The molecule has 124 valence electrons. The zero-order chi connectivity index (χ0) is 17.4. The summed E-state index contributed by atoms with van der Waals surface area (Å²) in [5, 5.41) is 2.69. The Morgan fingerprint density at radius 2 is 1.54 bits per heavy atom. The number of carbonyl (C=O) groups is 3. The summed E-state index contributed by atoms with van der Waals surface area (Å²) in [5.41, 5.74) is 6.71. The van der Waals surface area contributed by atoms with Crippen molar-refractivity contribution in [3.8, 4) is 0 Å². The van der Waals surface area contributed by atoms with Crippen molar-refractivity contribution in [2.75, 3.05) is 5.32 Å². The van der Waals surface area contributed by atoms with Crippen LogP contribution in [0.5, 0.6) is 0 Å². The summed E-state index contributed by atoms with van der Waals surface area (Å²) in [6.07, 6.45) is 0.00775. The fraction of sp³-hybridized carbons (Fsp3) is 0.167. The summed E-state index contributed by atoms with van der Waals surface area (Å²) in [6.45, 7) is 1.88. The number of benzene rings is 2. The molecule has 0 aliphatic rings. The Morgan fingerprint density at radius 1 is 0.833 bits per heavy atom. The first-order valence-corrected chi connectivity index (χ1v) is 7.55. The highest BCUT2D eigenvalue weighted by atomic mass is 16.2. The Balaban J connectivity index is 1.71. The van der Waals surface area contributed by atoms with Gasteiger partial charge in [-0.25, -0.2) is 0 Å². The molecule has 24 heavy (non-hydrogen) atoms. The summed E-state index contributed by atoms with van der Waals surface area (Å²) in [5.74, 6) is -1.10. The van der Waals surface area contributed by atoms with Gasteiger partial charge in [-0.1, -0.05) is 35.9 Å². The molecule has 6 nitrogen and oxygen atoms in total. The van der Waals surface area contributed by atoms with Gasteiger partial charge in [0.1, 0.15) is 0 Å². The van der Waals surface area contributed by atoms with E-state index < -0.39 is 11.8 Å². The molecule has 0 atom stereocenters. The molecule has 0 radical (unpaired) electrons. The van der Waals surface area contributed by atoms with Crippen LogP contribution in [-0.2, 0) is 9.59 Å². The molecule has 0 spiro atoms. The van der Waals surface area contributed by atoms with E-state index in [1.807, 2.05) is 31.2 Å². The van der Waals surface area contributed by atoms with Crippen LogP contribution in [0.2, 0.25) is 0 Å². The normalized spacial score (nSPS) is 9.88. The maximum absolute atomic E-state index is 11.9. The Bertz CT molecular complexity index is 729. The predicted octanol–water partition coefficient (Wildman–Crippen LogP) is 2.17. The van der Waals surface area contributed by atoms with Crippen molar-refractivity contribution in [1.29, 1.82) is 0 Å². The number of amides is 3. The lowest BCUT2D eigenvalue weighted by Gasteiger charge is -2.08. The van der Waals surface area contributed by atoms with Crippen LogP contribution in [0.1, 0.15) is 28.8 Å². The fourth-order valence-electron chi connectivity index (χ4n) is 2.02.